The summed E-state index contributed by atoms with van der Waals surface area (Å²) in [6.07, 6.45) is 0.802. The molecule has 0 amide bonds. The average molecular weight is 328 g/mol. The molecule has 104 valence electrons. The van der Waals surface area contributed by atoms with E-state index in [1.807, 2.05) is 37.3 Å². The van der Waals surface area contributed by atoms with Crippen LogP contribution in [0, 0.1) is 0 Å². The number of anilines is 1. The van der Waals surface area contributed by atoms with Crippen molar-refractivity contribution in [2.24, 2.45) is 5.10 Å². The van der Waals surface area contributed by atoms with Crippen molar-refractivity contribution in [3.8, 4) is 0 Å². The van der Waals surface area contributed by atoms with Crippen LogP contribution in [-0.4, -0.2) is 5.71 Å². The minimum absolute atomic E-state index is 0.497. The van der Waals surface area contributed by atoms with Gasteiger partial charge in [-0.25, -0.2) is 0 Å². The van der Waals surface area contributed by atoms with E-state index in [0.29, 0.717) is 15.1 Å². The second kappa shape index (κ2) is 6.98. The number of benzene rings is 2. The summed E-state index contributed by atoms with van der Waals surface area (Å²) in [6.45, 7) is 2.05. The molecule has 0 saturated heterocycles. The van der Waals surface area contributed by atoms with Gasteiger partial charge in [-0.1, -0.05) is 53.9 Å². The third-order valence-corrected chi connectivity index (χ3v) is 3.74. The van der Waals surface area contributed by atoms with Crippen molar-refractivity contribution >= 4 is 46.2 Å². The molecule has 0 aliphatic heterocycles. The lowest BCUT2D eigenvalue weighted by atomic mass is 10.1. The Balaban J connectivity index is 2.19. The third-order valence-electron chi connectivity index (χ3n) is 2.75. The molecule has 5 heteroatoms. The highest BCUT2D eigenvalue weighted by atomic mass is 35.5. The van der Waals surface area contributed by atoms with Crippen LogP contribution in [0.3, 0.4) is 0 Å². The van der Waals surface area contributed by atoms with Gasteiger partial charge in [0.1, 0.15) is 0 Å². The van der Waals surface area contributed by atoms with Crippen molar-refractivity contribution in [3.05, 3.63) is 63.1 Å². The van der Waals surface area contributed by atoms with E-state index < -0.39 is 0 Å². The maximum Gasteiger partial charge on any atom is 0.0676 e. The third kappa shape index (κ3) is 3.89. The molecular weight excluding hydrogens is 315 g/mol. The number of hydrogen-bond donors (Lipinski definition) is 1. The van der Waals surface area contributed by atoms with Gasteiger partial charge in [0.2, 0.25) is 0 Å². The maximum atomic E-state index is 5.96. The maximum absolute atomic E-state index is 5.96. The zero-order chi connectivity index (χ0) is 14.5. The number of nitrogens with one attached hydrogen (secondary N) is 1. The quantitative estimate of drug-likeness (QED) is 0.551. The van der Waals surface area contributed by atoms with Crippen molar-refractivity contribution in [1.82, 2.24) is 0 Å². The second-order valence-electron chi connectivity index (χ2n) is 4.16. The summed E-state index contributed by atoms with van der Waals surface area (Å²) in [5.74, 6) is 0. The van der Waals surface area contributed by atoms with E-state index in [2.05, 4.69) is 10.5 Å². The summed E-state index contributed by atoms with van der Waals surface area (Å²) >= 11 is 17.7. The molecule has 0 aromatic heterocycles. The number of hydrogen-bond acceptors (Lipinski definition) is 2. The van der Waals surface area contributed by atoms with Gasteiger partial charge in [-0.2, -0.15) is 5.10 Å². The van der Waals surface area contributed by atoms with E-state index in [0.717, 1.165) is 23.4 Å². The second-order valence-corrected chi connectivity index (χ2v) is 5.41. The van der Waals surface area contributed by atoms with Gasteiger partial charge in [0.05, 0.1) is 21.4 Å². The Morgan fingerprint density at radius 1 is 1.00 bits per heavy atom. The van der Waals surface area contributed by atoms with Crippen LogP contribution in [0.25, 0.3) is 0 Å². The zero-order valence-corrected chi connectivity index (χ0v) is 13.1. The van der Waals surface area contributed by atoms with Crippen LogP contribution < -0.4 is 5.43 Å². The highest BCUT2D eigenvalue weighted by Gasteiger charge is 2.02. The standard InChI is InChI=1S/C15H13Cl3N2/c1-2-15(10-3-5-11(16)6-4-10)20-19-12-7-8-13(17)14(18)9-12/h3-9,19H,2H2,1H3/b20-15-. The van der Waals surface area contributed by atoms with Gasteiger partial charge < -0.3 is 0 Å². The van der Waals surface area contributed by atoms with Gasteiger partial charge >= 0.3 is 0 Å². The summed E-state index contributed by atoms with van der Waals surface area (Å²) in [7, 11) is 0. The molecule has 2 nitrogen and oxygen atoms in total. The molecule has 0 heterocycles. The lowest BCUT2D eigenvalue weighted by Gasteiger charge is -2.07. The van der Waals surface area contributed by atoms with Crippen LogP contribution in [0.1, 0.15) is 18.9 Å². The van der Waals surface area contributed by atoms with Crippen LogP contribution in [0.15, 0.2) is 47.6 Å². The van der Waals surface area contributed by atoms with Crippen LogP contribution in [0.2, 0.25) is 15.1 Å². The minimum Gasteiger partial charge on any atom is -0.278 e. The zero-order valence-electron chi connectivity index (χ0n) is 10.8. The van der Waals surface area contributed by atoms with E-state index >= 15 is 0 Å². The van der Waals surface area contributed by atoms with Crippen molar-refractivity contribution in [3.63, 3.8) is 0 Å². The van der Waals surface area contributed by atoms with Gasteiger partial charge in [-0.3, -0.25) is 5.43 Å². The molecule has 20 heavy (non-hydrogen) atoms. The Labute approximate surface area is 133 Å². The number of nitrogens with zero attached hydrogens (tertiary/aromatic N) is 1. The van der Waals surface area contributed by atoms with Gasteiger partial charge in [0, 0.05) is 5.02 Å². The van der Waals surface area contributed by atoms with Crippen molar-refractivity contribution < 1.29 is 0 Å². The summed E-state index contributed by atoms with van der Waals surface area (Å²) in [5.41, 5.74) is 5.75. The molecule has 1 N–H and O–H groups in total. The van der Waals surface area contributed by atoms with Crippen LogP contribution >= 0.6 is 34.8 Å². The molecule has 0 spiro atoms. The minimum atomic E-state index is 0.497. The summed E-state index contributed by atoms with van der Waals surface area (Å²) in [4.78, 5) is 0. The largest absolute Gasteiger partial charge is 0.278 e. The van der Waals surface area contributed by atoms with Crippen LogP contribution in [0.4, 0.5) is 5.69 Å². The Morgan fingerprint density at radius 2 is 1.70 bits per heavy atom. The number of halogens is 3. The highest BCUT2D eigenvalue weighted by molar-refractivity contribution is 6.42. The SMILES string of the molecule is CC/C(=N/Nc1ccc(Cl)c(Cl)c1)c1ccc(Cl)cc1. The molecule has 0 atom stereocenters. The topological polar surface area (TPSA) is 24.4 Å². The predicted octanol–water partition coefficient (Wildman–Crippen LogP) is 5.87. The molecule has 0 fully saturated rings. The molecule has 0 bridgehead atoms. The highest BCUT2D eigenvalue weighted by Crippen LogP contribution is 2.25. The Kier molecular flexibility index (Phi) is 5.30. The van der Waals surface area contributed by atoms with Crippen LogP contribution in [0.5, 0.6) is 0 Å². The lowest BCUT2D eigenvalue weighted by Crippen LogP contribution is -2.03. The van der Waals surface area contributed by atoms with Crippen molar-refractivity contribution in [1.29, 1.82) is 0 Å². The predicted molar refractivity (Wildman–Crippen MR) is 88.4 cm³/mol. The van der Waals surface area contributed by atoms with E-state index in [-0.39, 0.29) is 0 Å². The molecule has 2 aromatic rings. The van der Waals surface area contributed by atoms with Gasteiger partial charge in [0.15, 0.2) is 0 Å². The van der Waals surface area contributed by atoms with Crippen molar-refractivity contribution in [2.75, 3.05) is 5.43 Å². The smallest absolute Gasteiger partial charge is 0.0676 e. The first-order valence-corrected chi connectivity index (χ1v) is 7.27. The molecule has 0 radical (unpaired) electrons. The van der Waals surface area contributed by atoms with Gasteiger partial charge in [0.25, 0.3) is 0 Å². The fourth-order valence-electron chi connectivity index (χ4n) is 1.69. The average Bonchev–Trinajstić information content (AvgIpc) is 2.45. The monoisotopic (exact) mass is 326 g/mol. The summed E-state index contributed by atoms with van der Waals surface area (Å²) in [6, 6.07) is 12.9. The molecule has 0 aliphatic rings. The molecular formula is C15H13Cl3N2. The lowest BCUT2D eigenvalue weighted by molar-refractivity contribution is 1.22. The first kappa shape index (κ1) is 15.2. The summed E-state index contributed by atoms with van der Waals surface area (Å²) < 4.78 is 0. The normalized spacial score (nSPS) is 11.5. The molecule has 0 saturated carbocycles. The summed E-state index contributed by atoms with van der Waals surface area (Å²) in [5, 5.41) is 6.13. The van der Waals surface area contributed by atoms with Crippen molar-refractivity contribution in [2.45, 2.75) is 13.3 Å². The first-order chi connectivity index (χ1) is 9.60. The Morgan fingerprint density at radius 3 is 2.30 bits per heavy atom. The van der Waals surface area contributed by atoms with E-state index in [9.17, 15) is 0 Å². The molecule has 2 aromatic carbocycles. The van der Waals surface area contributed by atoms with E-state index in [4.69, 9.17) is 34.8 Å². The number of rotatable bonds is 4. The van der Waals surface area contributed by atoms with Gasteiger partial charge in [-0.15, -0.1) is 0 Å². The molecule has 2 rings (SSSR count). The number of hydrazone groups is 1. The first-order valence-electron chi connectivity index (χ1n) is 6.13. The molecule has 0 aliphatic carbocycles. The Bertz CT molecular complexity index is 622. The van der Waals surface area contributed by atoms with E-state index in [1.54, 1.807) is 12.1 Å². The van der Waals surface area contributed by atoms with Crippen LogP contribution in [-0.2, 0) is 0 Å². The molecule has 0 unspecified atom stereocenters. The Hall–Kier alpha value is -1.22. The van der Waals surface area contributed by atoms with Gasteiger partial charge in [-0.05, 0) is 42.3 Å². The van der Waals surface area contributed by atoms with E-state index in [1.165, 1.54) is 0 Å². The fourth-order valence-corrected chi connectivity index (χ4v) is 2.11. The fraction of sp³-hybridized carbons (Fsp3) is 0.133.